The molecule has 1 atom stereocenters. The number of benzene rings is 1. The average Bonchev–Trinajstić information content (AvgIpc) is 2.24. The van der Waals surface area contributed by atoms with Crippen LogP contribution < -0.4 is 5.73 Å². The molecule has 0 radical (unpaired) electrons. The lowest BCUT2D eigenvalue weighted by molar-refractivity contribution is -0.137. The van der Waals surface area contributed by atoms with E-state index in [0.29, 0.717) is 16.5 Å². The second kappa shape index (κ2) is 5.51. The standard InChI is InChI=1S/C12H16BrNO3/c1-6-5-8(13)12(17)11(7(6)2)9(14)3-4-10(15)16/h5,9,17H,3-4,14H2,1-2H3,(H,15,16). The molecule has 5 heteroatoms. The largest absolute Gasteiger partial charge is 0.506 e. The molecule has 0 amide bonds. The Balaban J connectivity index is 3.07. The van der Waals surface area contributed by atoms with Crippen molar-refractivity contribution in [1.82, 2.24) is 0 Å². The lowest BCUT2D eigenvalue weighted by Gasteiger charge is -2.18. The molecule has 1 aromatic carbocycles. The van der Waals surface area contributed by atoms with Gasteiger partial charge < -0.3 is 15.9 Å². The first-order valence-electron chi connectivity index (χ1n) is 5.30. The predicted molar refractivity (Wildman–Crippen MR) is 69.1 cm³/mol. The fourth-order valence-corrected chi connectivity index (χ4v) is 2.32. The SMILES string of the molecule is Cc1cc(Br)c(O)c(C(N)CCC(=O)O)c1C. The Morgan fingerprint density at radius 1 is 1.53 bits per heavy atom. The van der Waals surface area contributed by atoms with Gasteiger partial charge in [-0.15, -0.1) is 0 Å². The smallest absolute Gasteiger partial charge is 0.303 e. The lowest BCUT2D eigenvalue weighted by atomic mass is 9.94. The molecule has 0 aliphatic carbocycles. The van der Waals surface area contributed by atoms with Crippen molar-refractivity contribution in [2.45, 2.75) is 32.7 Å². The van der Waals surface area contributed by atoms with E-state index < -0.39 is 12.0 Å². The van der Waals surface area contributed by atoms with Gasteiger partial charge in [-0.05, 0) is 53.4 Å². The van der Waals surface area contributed by atoms with E-state index in [9.17, 15) is 9.90 Å². The molecule has 1 aromatic rings. The van der Waals surface area contributed by atoms with Gasteiger partial charge in [-0.25, -0.2) is 0 Å². The van der Waals surface area contributed by atoms with E-state index >= 15 is 0 Å². The van der Waals surface area contributed by atoms with Gasteiger partial charge in [-0.2, -0.15) is 0 Å². The van der Waals surface area contributed by atoms with Crippen LogP contribution in [0.4, 0.5) is 0 Å². The summed E-state index contributed by atoms with van der Waals surface area (Å²) >= 11 is 3.26. The minimum Gasteiger partial charge on any atom is -0.506 e. The summed E-state index contributed by atoms with van der Waals surface area (Å²) in [6.07, 6.45) is 0.297. The first kappa shape index (κ1) is 14.0. The number of aryl methyl sites for hydroxylation is 1. The van der Waals surface area contributed by atoms with Crippen LogP contribution in [0.1, 0.15) is 35.6 Å². The summed E-state index contributed by atoms with van der Waals surface area (Å²) in [5.74, 6) is -0.782. The highest BCUT2D eigenvalue weighted by atomic mass is 79.9. The van der Waals surface area contributed by atoms with Crippen LogP contribution in [0.15, 0.2) is 10.5 Å². The van der Waals surface area contributed by atoms with Crippen molar-refractivity contribution >= 4 is 21.9 Å². The minimum atomic E-state index is -0.885. The molecule has 4 N–H and O–H groups in total. The van der Waals surface area contributed by atoms with Gasteiger partial charge in [0.2, 0.25) is 0 Å². The monoisotopic (exact) mass is 301 g/mol. The van der Waals surface area contributed by atoms with Crippen molar-refractivity contribution in [3.8, 4) is 5.75 Å². The molecule has 0 aromatic heterocycles. The van der Waals surface area contributed by atoms with Crippen molar-refractivity contribution < 1.29 is 15.0 Å². The molecule has 0 aliphatic heterocycles. The van der Waals surface area contributed by atoms with Gasteiger partial charge in [0.05, 0.1) is 4.47 Å². The summed E-state index contributed by atoms with van der Waals surface area (Å²) < 4.78 is 0.585. The topological polar surface area (TPSA) is 83.5 Å². The zero-order chi connectivity index (χ0) is 13.2. The third-order valence-corrected chi connectivity index (χ3v) is 3.46. The van der Waals surface area contributed by atoms with Crippen molar-refractivity contribution in [3.05, 3.63) is 27.2 Å². The molecule has 0 saturated heterocycles. The quantitative estimate of drug-likeness (QED) is 0.798. The fourth-order valence-electron chi connectivity index (χ4n) is 1.76. The Kier molecular flexibility index (Phi) is 4.54. The third kappa shape index (κ3) is 3.20. The Labute approximate surface area is 109 Å². The van der Waals surface area contributed by atoms with Gasteiger partial charge in [0.25, 0.3) is 0 Å². The number of carbonyl (C=O) groups is 1. The van der Waals surface area contributed by atoms with Gasteiger partial charge in [-0.1, -0.05) is 0 Å². The molecular weight excluding hydrogens is 286 g/mol. The number of hydrogen-bond acceptors (Lipinski definition) is 3. The molecule has 94 valence electrons. The first-order valence-corrected chi connectivity index (χ1v) is 6.09. The van der Waals surface area contributed by atoms with E-state index in [1.807, 2.05) is 19.9 Å². The Morgan fingerprint density at radius 2 is 2.12 bits per heavy atom. The predicted octanol–water partition coefficient (Wildman–Crippen LogP) is 2.64. The van der Waals surface area contributed by atoms with E-state index in [-0.39, 0.29) is 12.2 Å². The van der Waals surface area contributed by atoms with Gasteiger partial charge in [-0.3, -0.25) is 4.79 Å². The Bertz CT molecular complexity index is 420. The normalized spacial score (nSPS) is 12.5. The number of rotatable bonds is 4. The second-order valence-electron chi connectivity index (χ2n) is 4.10. The number of aromatic hydroxyl groups is 1. The average molecular weight is 302 g/mol. The van der Waals surface area contributed by atoms with Crippen LogP contribution in [0.5, 0.6) is 5.75 Å². The van der Waals surface area contributed by atoms with E-state index in [0.717, 1.165) is 11.1 Å². The number of nitrogens with two attached hydrogens (primary N) is 1. The summed E-state index contributed by atoms with van der Waals surface area (Å²) in [5.41, 5.74) is 8.48. The van der Waals surface area contributed by atoms with Crippen LogP contribution in [-0.2, 0) is 4.79 Å². The molecule has 0 saturated carbocycles. The highest BCUT2D eigenvalue weighted by Crippen LogP contribution is 2.36. The number of carboxylic acids is 1. The molecule has 1 rings (SSSR count). The summed E-state index contributed by atoms with van der Waals surface area (Å²) in [4.78, 5) is 10.5. The van der Waals surface area contributed by atoms with Crippen LogP contribution >= 0.6 is 15.9 Å². The van der Waals surface area contributed by atoms with Crippen LogP contribution in [-0.4, -0.2) is 16.2 Å². The summed E-state index contributed by atoms with van der Waals surface area (Å²) in [7, 11) is 0. The Hall–Kier alpha value is -1.07. The second-order valence-corrected chi connectivity index (χ2v) is 4.96. The Morgan fingerprint density at radius 3 is 2.65 bits per heavy atom. The number of aliphatic carboxylic acids is 1. The lowest BCUT2D eigenvalue weighted by Crippen LogP contribution is -2.14. The number of phenols is 1. The highest BCUT2D eigenvalue weighted by Gasteiger charge is 2.18. The van der Waals surface area contributed by atoms with Crippen LogP contribution in [0, 0.1) is 13.8 Å². The van der Waals surface area contributed by atoms with E-state index in [2.05, 4.69) is 15.9 Å². The highest BCUT2D eigenvalue weighted by molar-refractivity contribution is 9.10. The molecule has 0 heterocycles. The molecule has 1 unspecified atom stereocenters. The molecular formula is C12H16BrNO3. The fraction of sp³-hybridized carbons (Fsp3) is 0.417. The zero-order valence-electron chi connectivity index (χ0n) is 9.83. The van der Waals surface area contributed by atoms with Crippen molar-refractivity contribution in [2.75, 3.05) is 0 Å². The van der Waals surface area contributed by atoms with Crippen molar-refractivity contribution in [2.24, 2.45) is 5.73 Å². The molecule has 4 nitrogen and oxygen atoms in total. The van der Waals surface area contributed by atoms with Crippen molar-refractivity contribution in [1.29, 1.82) is 0 Å². The zero-order valence-corrected chi connectivity index (χ0v) is 11.4. The summed E-state index contributed by atoms with van der Waals surface area (Å²) in [6, 6.07) is 1.35. The molecule has 0 bridgehead atoms. The maximum Gasteiger partial charge on any atom is 0.303 e. The first-order chi connectivity index (χ1) is 7.84. The molecule has 0 spiro atoms. The van der Waals surface area contributed by atoms with Gasteiger partial charge in [0.1, 0.15) is 5.75 Å². The molecule has 0 fully saturated rings. The minimum absolute atomic E-state index is 0.00833. The maximum absolute atomic E-state index is 10.5. The van der Waals surface area contributed by atoms with E-state index in [4.69, 9.17) is 10.8 Å². The van der Waals surface area contributed by atoms with Gasteiger partial charge in [0, 0.05) is 18.0 Å². The van der Waals surface area contributed by atoms with Crippen LogP contribution in [0.3, 0.4) is 0 Å². The summed E-state index contributed by atoms with van der Waals surface area (Å²) in [6.45, 7) is 3.80. The molecule has 0 aliphatic rings. The van der Waals surface area contributed by atoms with Gasteiger partial charge >= 0.3 is 5.97 Å². The number of hydrogen-bond donors (Lipinski definition) is 3. The number of carboxylic acid groups (broad SMARTS) is 1. The van der Waals surface area contributed by atoms with Crippen LogP contribution in [0.2, 0.25) is 0 Å². The van der Waals surface area contributed by atoms with Gasteiger partial charge in [0.15, 0.2) is 0 Å². The maximum atomic E-state index is 10.5. The van der Waals surface area contributed by atoms with E-state index in [1.165, 1.54) is 0 Å². The van der Waals surface area contributed by atoms with E-state index in [1.54, 1.807) is 0 Å². The molecule has 17 heavy (non-hydrogen) atoms. The van der Waals surface area contributed by atoms with Crippen molar-refractivity contribution in [3.63, 3.8) is 0 Å². The van der Waals surface area contributed by atoms with Crippen LogP contribution in [0.25, 0.3) is 0 Å². The number of halogens is 1. The third-order valence-electron chi connectivity index (χ3n) is 2.86. The summed E-state index contributed by atoms with van der Waals surface area (Å²) in [5, 5.41) is 18.6. The number of phenolic OH excluding ortho intramolecular Hbond substituents is 1.